The van der Waals surface area contributed by atoms with Gasteiger partial charge in [0.05, 0.1) is 0 Å². The van der Waals surface area contributed by atoms with E-state index in [9.17, 15) is 9.18 Å². The van der Waals surface area contributed by atoms with Gasteiger partial charge in [0, 0.05) is 19.6 Å². The van der Waals surface area contributed by atoms with Crippen molar-refractivity contribution in [2.75, 3.05) is 32.7 Å². The zero-order chi connectivity index (χ0) is 18.4. The van der Waals surface area contributed by atoms with Gasteiger partial charge in [0.2, 0.25) is 5.91 Å². The van der Waals surface area contributed by atoms with Gasteiger partial charge in [-0.25, -0.2) is 4.39 Å². The summed E-state index contributed by atoms with van der Waals surface area (Å²) < 4.78 is 12.9. The Morgan fingerprint density at radius 1 is 1.08 bits per heavy atom. The van der Waals surface area contributed by atoms with E-state index in [2.05, 4.69) is 15.9 Å². The van der Waals surface area contributed by atoms with Gasteiger partial charge in [0.1, 0.15) is 11.4 Å². The molecule has 2 N–H and O–H groups in total. The van der Waals surface area contributed by atoms with Crippen molar-refractivity contribution < 1.29 is 9.18 Å². The maximum Gasteiger partial charge on any atom is 0.238 e. The lowest BCUT2D eigenvalue weighted by atomic mass is 9.83. The second kappa shape index (κ2) is 8.78. The van der Waals surface area contributed by atoms with Crippen molar-refractivity contribution in [3.63, 3.8) is 0 Å². The second-order valence-corrected chi connectivity index (χ2v) is 7.53. The van der Waals surface area contributed by atoms with Crippen LogP contribution < -0.4 is 5.73 Å². The topological polar surface area (TPSA) is 49.6 Å². The Kier molecular flexibility index (Phi) is 6.43. The van der Waals surface area contributed by atoms with Crippen LogP contribution in [0.4, 0.5) is 4.39 Å². The Balaban J connectivity index is 1.47. The molecule has 4 nitrogen and oxygen atoms in total. The second-order valence-electron chi connectivity index (χ2n) is 7.53. The van der Waals surface area contributed by atoms with Crippen LogP contribution in [0, 0.1) is 5.82 Å². The number of hydrogen-bond donors (Lipinski definition) is 1. The Morgan fingerprint density at radius 2 is 1.73 bits per heavy atom. The standard InChI is InChI=1S/C21H30FN3O/c22-19-9-7-18(8-10-19)6-2-5-13-24-16-11-21(12-17-24,20(23)26)25-14-3-1-4-15-25/h2,6-10H,1,3-5,11-17H2,(H2,23,26)/b6-2+. The summed E-state index contributed by atoms with van der Waals surface area (Å²) in [5, 5.41) is 0. The normalized spacial score (nSPS) is 21.9. The van der Waals surface area contributed by atoms with Gasteiger partial charge < -0.3 is 10.6 Å². The van der Waals surface area contributed by atoms with Crippen molar-refractivity contribution in [2.24, 2.45) is 5.73 Å². The summed E-state index contributed by atoms with van der Waals surface area (Å²) in [6, 6.07) is 6.53. The summed E-state index contributed by atoms with van der Waals surface area (Å²) >= 11 is 0. The molecule has 0 aromatic heterocycles. The maximum absolute atomic E-state index is 12.9. The minimum absolute atomic E-state index is 0.143. The lowest BCUT2D eigenvalue weighted by Gasteiger charge is -2.48. The highest BCUT2D eigenvalue weighted by molar-refractivity contribution is 5.84. The van der Waals surface area contributed by atoms with Crippen LogP contribution in [0.3, 0.4) is 0 Å². The molecule has 2 aliphatic heterocycles. The van der Waals surface area contributed by atoms with Crippen LogP contribution in [0.5, 0.6) is 0 Å². The first-order chi connectivity index (χ1) is 12.6. The molecule has 142 valence electrons. The van der Waals surface area contributed by atoms with Gasteiger partial charge in [-0.3, -0.25) is 9.69 Å². The van der Waals surface area contributed by atoms with E-state index in [1.54, 1.807) is 12.1 Å². The van der Waals surface area contributed by atoms with Crippen molar-refractivity contribution in [3.8, 4) is 0 Å². The van der Waals surface area contributed by atoms with Gasteiger partial charge in [0.15, 0.2) is 0 Å². The molecule has 2 heterocycles. The molecule has 26 heavy (non-hydrogen) atoms. The number of halogens is 1. The van der Waals surface area contributed by atoms with E-state index in [4.69, 9.17) is 5.73 Å². The molecule has 3 rings (SSSR count). The number of rotatable bonds is 6. The van der Waals surface area contributed by atoms with Crippen LogP contribution in [-0.2, 0) is 4.79 Å². The van der Waals surface area contributed by atoms with Crippen molar-refractivity contribution in [1.82, 2.24) is 9.80 Å². The summed E-state index contributed by atoms with van der Waals surface area (Å²) in [7, 11) is 0. The summed E-state index contributed by atoms with van der Waals surface area (Å²) in [6.45, 7) is 4.83. The molecule has 5 heteroatoms. The molecule has 1 aromatic rings. The zero-order valence-corrected chi connectivity index (χ0v) is 15.5. The van der Waals surface area contributed by atoms with Crippen LogP contribution in [0.25, 0.3) is 6.08 Å². The lowest BCUT2D eigenvalue weighted by molar-refractivity contribution is -0.134. The number of piperidine rings is 2. The number of amides is 1. The largest absolute Gasteiger partial charge is 0.368 e. The molecular weight excluding hydrogens is 329 g/mol. The number of likely N-dealkylation sites (tertiary alicyclic amines) is 2. The Labute approximate surface area is 155 Å². The molecule has 2 fully saturated rings. The van der Waals surface area contributed by atoms with E-state index in [1.807, 2.05) is 6.08 Å². The molecule has 1 aromatic carbocycles. The smallest absolute Gasteiger partial charge is 0.238 e. The van der Waals surface area contributed by atoms with Crippen LogP contribution >= 0.6 is 0 Å². The molecule has 0 unspecified atom stereocenters. The fourth-order valence-electron chi connectivity index (χ4n) is 4.24. The SMILES string of the molecule is NC(=O)C1(N2CCCCC2)CCN(CC/C=C/c2ccc(F)cc2)CC1. The van der Waals surface area contributed by atoms with Crippen LogP contribution in [0.1, 0.15) is 44.1 Å². The van der Waals surface area contributed by atoms with E-state index >= 15 is 0 Å². The average molecular weight is 359 g/mol. The number of benzene rings is 1. The van der Waals surface area contributed by atoms with Gasteiger partial charge in [-0.2, -0.15) is 0 Å². The zero-order valence-electron chi connectivity index (χ0n) is 15.5. The first-order valence-electron chi connectivity index (χ1n) is 9.80. The van der Waals surface area contributed by atoms with Gasteiger partial charge in [-0.05, 0) is 62.9 Å². The van der Waals surface area contributed by atoms with E-state index < -0.39 is 5.54 Å². The molecule has 2 saturated heterocycles. The minimum atomic E-state index is -0.430. The number of primary amides is 1. The fraction of sp³-hybridized carbons (Fsp3) is 0.571. The van der Waals surface area contributed by atoms with Crippen LogP contribution in [0.2, 0.25) is 0 Å². The summed E-state index contributed by atoms with van der Waals surface area (Å²) in [6.07, 6.45) is 10.4. The summed E-state index contributed by atoms with van der Waals surface area (Å²) in [5.41, 5.74) is 6.43. The Bertz CT molecular complexity index is 615. The van der Waals surface area contributed by atoms with E-state index in [-0.39, 0.29) is 11.7 Å². The fourth-order valence-corrected chi connectivity index (χ4v) is 4.24. The third kappa shape index (κ3) is 4.51. The molecule has 0 radical (unpaired) electrons. The number of carbonyl (C=O) groups excluding carboxylic acids is 1. The van der Waals surface area contributed by atoms with E-state index in [0.717, 1.165) is 57.5 Å². The predicted octanol–water partition coefficient (Wildman–Crippen LogP) is 3.03. The Morgan fingerprint density at radius 3 is 2.35 bits per heavy atom. The molecule has 1 amide bonds. The van der Waals surface area contributed by atoms with Crippen molar-refractivity contribution in [1.29, 1.82) is 0 Å². The summed E-state index contributed by atoms with van der Waals surface area (Å²) in [5.74, 6) is -0.350. The first kappa shape index (κ1) is 19.1. The molecule has 0 atom stereocenters. The number of nitrogens with zero attached hydrogens (tertiary/aromatic N) is 2. The number of carbonyl (C=O) groups is 1. The molecule has 0 aliphatic carbocycles. The summed E-state index contributed by atoms with van der Waals surface area (Å²) in [4.78, 5) is 17.0. The average Bonchev–Trinajstić information content (AvgIpc) is 2.68. The molecule has 0 bridgehead atoms. The highest BCUT2D eigenvalue weighted by atomic mass is 19.1. The molecule has 0 saturated carbocycles. The van der Waals surface area contributed by atoms with Gasteiger partial charge >= 0.3 is 0 Å². The van der Waals surface area contributed by atoms with Crippen molar-refractivity contribution >= 4 is 12.0 Å². The molecular formula is C21H30FN3O. The van der Waals surface area contributed by atoms with Crippen LogP contribution in [-0.4, -0.2) is 54.0 Å². The van der Waals surface area contributed by atoms with E-state index in [1.165, 1.54) is 31.4 Å². The van der Waals surface area contributed by atoms with Crippen molar-refractivity contribution in [2.45, 2.75) is 44.1 Å². The van der Waals surface area contributed by atoms with Gasteiger partial charge in [0.25, 0.3) is 0 Å². The van der Waals surface area contributed by atoms with Crippen molar-refractivity contribution in [3.05, 3.63) is 41.7 Å². The lowest BCUT2D eigenvalue weighted by Crippen LogP contribution is -2.63. The van der Waals surface area contributed by atoms with Gasteiger partial charge in [-0.15, -0.1) is 0 Å². The van der Waals surface area contributed by atoms with E-state index in [0.29, 0.717) is 0 Å². The minimum Gasteiger partial charge on any atom is -0.368 e. The number of nitrogens with two attached hydrogens (primary N) is 1. The highest BCUT2D eigenvalue weighted by Gasteiger charge is 2.44. The third-order valence-electron chi connectivity index (χ3n) is 5.90. The molecule has 0 spiro atoms. The van der Waals surface area contributed by atoms with Crippen LogP contribution in [0.15, 0.2) is 30.3 Å². The molecule has 2 aliphatic rings. The Hall–Kier alpha value is -1.72. The number of hydrogen-bond acceptors (Lipinski definition) is 3. The maximum atomic E-state index is 12.9. The predicted molar refractivity (Wildman–Crippen MR) is 103 cm³/mol. The first-order valence-corrected chi connectivity index (χ1v) is 9.80. The quantitative estimate of drug-likeness (QED) is 0.849. The monoisotopic (exact) mass is 359 g/mol. The van der Waals surface area contributed by atoms with Gasteiger partial charge in [-0.1, -0.05) is 30.7 Å². The highest BCUT2D eigenvalue weighted by Crippen LogP contribution is 2.31. The third-order valence-corrected chi connectivity index (χ3v) is 5.90.